The van der Waals surface area contributed by atoms with Gasteiger partial charge in [-0.3, -0.25) is 14.5 Å². The first-order valence-corrected chi connectivity index (χ1v) is 9.76. The largest absolute Gasteiger partial charge is 0.274 e. The Morgan fingerprint density at radius 2 is 1.84 bits per heavy atom. The summed E-state index contributed by atoms with van der Waals surface area (Å²) in [6.45, 7) is 1.90. The number of imide groups is 1. The maximum Gasteiger partial charge on any atom is 0.243 e. The fourth-order valence-corrected chi connectivity index (χ4v) is 5.37. The van der Waals surface area contributed by atoms with E-state index in [-0.39, 0.29) is 29.5 Å². The lowest BCUT2D eigenvalue weighted by Gasteiger charge is -2.23. The molecule has 6 heteroatoms. The minimum atomic E-state index is -0.390. The molecule has 3 aromatic rings. The zero-order valence-corrected chi connectivity index (χ0v) is 15.2. The van der Waals surface area contributed by atoms with Crippen LogP contribution < -0.4 is 0 Å². The number of hydrogen-bond donors (Lipinski definition) is 0. The first-order chi connectivity index (χ1) is 12.1. The van der Waals surface area contributed by atoms with Gasteiger partial charge in [0.25, 0.3) is 0 Å². The average Bonchev–Trinajstić information content (AvgIpc) is 3.15. The molecule has 0 N–H and O–H groups in total. The van der Waals surface area contributed by atoms with E-state index in [1.54, 1.807) is 11.3 Å². The van der Waals surface area contributed by atoms with E-state index in [1.807, 2.05) is 61.5 Å². The summed E-state index contributed by atoms with van der Waals surface area (Å²) < 4.78 is 1.93. The third-order valence-corrected chi connectivity index (χ3v) is 6.64. The average molecular weight is 368 g/mol. The van der Waals surface area contributed by atoms with Crippen LogP contribution in [0, 0.1) is 0 Å². The number of thiazole rings is 1. The number of aromatic nitrogens is 1. The van der Waals surface area contributed by atoms with Crippen LogP contribution in [0.4, 0.5) is 0 Å². The van der Waals surface area contributed by atoms with Gasteiger partial charge in [-0.2, -0.15) is 0 Å². The van der Waals surface area contributed by atoms with Crippen molar-refractivity contribution in [2.45, 2.75) is 29.0 Å². The molecule has 1 aromatic heterocycles. The molecule has 4 rings (SSSR count). The van der Waals surface area contributed by atoms with Gasteiger partial charge in [-0.15, -0.1) is 11.3 Å². The van der Waals surface area contributed by atoms with E-state index >= 15 is 0 Å². The van der Waals surface area contributed by atoms with Gasteiger partial charge in [-0.05, 0) is 24.6 Å². The molecular weight excluding hydrogens is 352 g/mol. The SMILES string of the molecule is CC(c1ccccc1)N1C(=O)CC(Sc2nc3ccccc3s2)C1=O. The van der Waals surface area contributed by atoms with Crippen molar-refractivity contribution >= 4 is 45.1 Å². The van der Waals surface area contributed by atoms with Crippen LogP contribution in [0.1, 0.15) is 24.9 Å². The number of amides is 2. The molecule has 2 atom stereocenters. The fourth-order valence-electron chi connectivity index (χ4n) is 3.03. The quantitative estimate of drug-likeness (QED) is 0.645. The van der Waals surface area contributed by atoms with E-state index in [0.29, 0.717) is 0 Å². The molecule has 2 aromatic carbocycles. The summed E-state index contributed by atoms with van der Waals surface area (Å²) in [6, 6.07) is 17.3. The fraction of sp³-hybridized carbons (Fsp3) is 0.211. The highest BCUT2D eigenvalue weighted by Crippen LogP contribution is 2.38. The summed E-state index contributed by atoms with van der Waals surface area (Å²) in [6.07, 6.45) is 0.233. The summed E-state index contributed by atoms with van der Waals surface area (Å²) in [5.74, 6) is -0.231. The van der Waals surface area contributed by atoms with Crippen LogP contribution in [0.15, 0.2) is 58.9 Å². The van der Waals surface area contributed by atoms with Crippen molar-refractivity contribution in [1.29, 1.82) is 0 Å². The van der Waals surface area contributed by atoms with Crippen LogP contribution in [0.5, 0.6) is 0 Å². The molecule has 0 bridgehead atoms. The predicted molar refractivity (Wildman–Crippen MR) is 101 cm³/mol. The van der Waals surface area contributed by atoms with Gasteiger partial charge in [0.1, 0.15) is 0 Å². The lowest BCUT2D eigenvalue weighted by molar-refractivity contribution is -0.140. The van der Waals surface area contributed by atoms with Gasteiger partial charge >= 0.3 is 0 Å². The molecule has 0 spiro atoms. The van der Waals surface area contributed by atoms with E-state index in [1.165, 1.54) is 16.7 Å². The molecule has 2 amide bonds. The number of para-hydroxylation sites is 1. The smallest absolute Gasteiger partial charge is 0.243 e. The van der Waals surface area contributed by atoms with E-state index in [9.17, 15) is 9.59 Å². The number of benzene rings is 2. The van der Waals surface area contributed by atoms with E-state index in [4.69, 9.17) is 0 Å². The standard InChI is InChI=1S/C19H16N2O2S2/c1-12(13-7-3-2-4-8-13)21-17(22)11-16(18(21)23)25-19-20-14-9-5-6-10-15(14)24-19/h2-10,12,16H,11H2,1H3. The minimum Gasteiger partial charge on any atom is -0.274 e. The monoisotopic (exact) mass is 368 g/mol. The van der Waals surface area contributed by atoms with Crippen LogP contribution in [-0.4, -0.2) is 26.9 Å². The van der Waals surface area contributed by atoms with Crippen LogP contribution in [0.2, 0.25) is 0 Å². The highest BCUT2D eigenvalue weighted by atomic mass is 32.2. The Balaban J connectivity index is 1.54. The van der Waals surface area contributed by atoms with Crippen LogP contribution >= 0.6 is 23.1 Å². The Hall–Kier alpha value is -2.18. The summed E-state index contributed by atoms with van der Waals surface area (Å²) in [4.78, 5) is 31.2. The lowest BCUT2D eigenvalue weighted by Crippen LogP contribution is -2.33. The second-order valence-corrected chi connectivity index (χ2v) is 8.43. The molecule has 0 radical (unpaired) electrons. The normalized spacial score (nSPS) is 18.9. The molecule has 126 valence electrons. The predicted octanol–water partition coefficient (Wildman–Crippen LogP) is 4.28. The topological polar surface area (TPSA) is 50.3 Å². The Morgan fingerprint density at radius 1 is 1.12 bits per heavy atom. The zero-order valence-electron chi connectivity index (χ0n) is 13.6. The molecule has 4 nitrogen and oxygen atoms in total. The van der Waals surface area contributed by atoms with Crippen LogP contribution in [0.3, 0.4) is 0 Å². The molecule has 25 heavy (non-hydrogen) atoms. The summed E-state index contributed by atoms with van der Waals surface area (Å²) in [5.41, 5.74) is 1.90. The van der Waals surface area contributed by atoms with Crippen molar-refractivity contribution in [1.82, 2.24) is 9.88 Å². The second kappa shape index (κ2) is 6.61. The second-order valence-electron chi connectivity index (χ2n) is 5.95. The van der Waals surface area contributed by atoms with Crippen molar-refractivity contribution in [3.63, 3.8) is 0 Å². The van der Waals surface area contributed by atoms with Crippen molar-refractivity contribution < 1.29 is 9.59 Å². The molecule has 1 aliphatic heterocycles. The molecule has 1 aliphatic rings. The number of carbonyl (C=O) groups excluding carboxylic acids is 2. The number of hydrogen-bond acceptors (Lipinski definition) is 5. The number of rotatable bonds is 4. The number of thioether (sulfide) groups is 1. The number of fused-ring (bicyclic) bond motifs is 1. The van der Waals surface area contributed by atoms with Gasteiger partial charge in [0, 0.05) is 6.42 Å². The molecule has 1 saturated heterocycles. The third-order valence-electron chi connectivity index (χ3n) is 4.33. The van der Waals surface area contributed by atoms with Crippen LogP contribution in [0.25, 0.3) is 10.2 Å². The van der Waals surface area contributed by atoms with Gasteiger partial charge in [0.05, 0.1) is 21.5 Å². The maximum atomic E-state index is 12.8. The highest BCUT2D eigenvalue weighted by molar-refractivity contribution is 8.02. The van der Waals surface area contributed by atoms with Gasteiger partial charge in [0.15, 0.2) is 4.34 Å². The van der Waals surface area contributed by atoms with Crippen molar-refractivity contribution in [3.8, 4) is 0 Å². The zero-order chi connectivity index (χ0) is 17.4. The molecule has 2 heterocycles. The summed E-state index contributed by atoms with van der Waals surface area (Å²) in [7, 11) is 0. The molecule has 2 unspecified atom stereocenters. The van der Waals surface area contributed by atoms with Crippen molar-refractivity contribution in [2.75, 3.05) is 0 Å². The Bertz CT molecular complexity index is 906. The van der Waals surface area contributed by atoms with E-state index in [2.05, 4.69) is 4.98 Å². The number of nitrogens with zero attached hydrogens (tertiary/aromatic N) is 2. The van der Waals surface area contributed by atoms with Gasteiger partial charge in [-0.25, -0.2) is 4.98 Å². The summed E-state index contributed by atoms with van der Waals surface area (Å²) in [5, 5.41) is -0.390. The minimum absolute atomic E-state index is 0.111. The highest BCUT2D eigenvalue weighted by Gasteiger charge is 2.42. The van der Waals surface area contributed by atoms with Crippen molar-refractivity contribution in [3.05, 3.63) is 60.2 Å². The first-order valence-electron chi connectivity index (χ1n) is 8.06. The lowest BCUT2D eigenvalue weighted by atomic mass is 10.1. The molecule has 1 fully saturated rings. The van der Waals surface area contributed by atoms with E-state index < -0.39 is 0 Å². The van der Waals surface area contributed by atoms with Crippen molar-refractivity contribution in [2.24, 2.45) is 0 Å². The maximum absolute atomic E-state index is 12.8. The van der Waals surface area contributed by atoms with Gasteiger partial charge in [-0.1, -0.05) is 54.2 Å². The Morgan fingerprint density at radius 3 is 2.60 bits per heavy atom. The Kier molecular flexibility index (Phi) is 4.31. The first kappa shape index (κ1) is 16.3. The Labute approximate surface area is 153 Å². The summed E-state index contributed by atoms with van der Waals surface area (Å²) >= 11 is 2.96. The molecule has 0 saturated carbocycles. The molecule has 0 aliphatic carbocycles. The number of carbonyl (C=O) groups is 2. The van der Waals surface area contributed by atoms with Gasteiger partial charge in [0.2, 0.25) is 11.8 Å². The van der Waals surface area contributed by atoms with E-state index in [0.717, 1.165) is 20.1 Å². The van der Waals surface area contributed by atoms with Crippen LogP contribution in [-0.2, 0) is 9.59 Å². The molecular formula is C19H16N2O2S2. The van der Waals surface area contributed by atoms with Gasteiger partial charge < -0.3 is 0 Å². The third kappa shape index (κ3) is 3.07. The number of likely N-dealkylation sites (tertiary alicyclic amines) is 1.